The van der Waals surface area contributed by atoms with E-state index in [2.05, 4.69) is 10.2 Å². The first kappa shape index (κ1) is 13.7. The average Bonchev–Trinajstić information content (AvgIpc) is 2.78. The average molecular weight is 284 g/mol. The largest absolute Gasteiger partial charge is 0.510 e. The molecule has 0 aromatic heterocycles. The minimum atomic E-state index is -0.515. The summed E-state index contributed by atoms with van der Waals surface area (Å²) in [5.41, 5.74) is 0.375. The van der Waals surface area contributed by atoms with Crippen LogP contribution >= 0.6 is 0 Å². The van der Waals surface area contributed by atoms with E-state index in [4.69, 9.17) is 0 Å². The number of allylic oxidation sites excluding steroid dienone is 2. The Kier molecular flexibility index (Phi) is 3.64. The lowest BCUT2D eigenvalue weighted by molar-refractivity contribution is -0.120. The van der Waals surface area contributed by atoms with Crippen molar-refractivity contribution in [2.75, 3.05) is 0 Å². The van der Waals surface area contributed by atoms with Gasteiger partial charge in [-0.3, -0.25) is 9.59 Å². The van der Waals surface area contributed by atoms with E-state index in [0.29, 0.717) is 5.56 Å². The van der Waals surface area contributed by atoms with Gasteiger partial charge in [-0.25, -0.2) is 0 Å². The van der Waals surface area contributed by atoms with E-state index >= 15 is 0 Å². The zero-order chi connectivity index (χ0) is 14.8. The standard InChI is InChI=1S/C16H16N2O3/c19-14-11-8-4-5-9-12(11)15(20)13(14)17-18-16(21)10-6-2-1-3-7-10/h1-3,6-7,11-12,19H,4-5,8-9H2. The van der Waals surface area contributed by atoms with Gasteiger partial charge in [-0.1, -0.05) is 31.0 Å². The number of ketones is 1. The molecule has 0 spiro atoms. The molecule has 1 aromatic carbocycles. The summed E-state index contributed by atoms with van der Waals surface area (Å²) in [5, 5.41) is 17.5. The van der Waals surface area contributed by atoms with E-state index in [1.165, 1.54) is 0 Å². The summed E-state index contributed by atoms with van der Waals surface area (Å²) < 4.78 is 0. The molecule has 1 amide bonds. The third-order valence-corrected chi connectivity index (χ3v) is 4.19. The number of amides is 1. The summed E-state index contributed by atoms with van der Waals surface area (Å²) in [4.78, 5) is 24.1. The first-order chi connectivity index (χ1) is 10.2. The highest BCUT2D eigenvalue weighted by Gasteiger charge is 2.43. The highest BCUT2D eigenvalue weighted by Crippen LogP contribution is 2.42. The van der Waals surface area contributed by atoms with Crippen molar-refractivity contribution in [3.8, 4) is 0 Å². The van der Waals surface area contributed by atoms with Gasteiger partial charge in [-0.15, -0.1) is 10.2 Å². The molecular formula is C16H16N2O3. The normalized spacial score (nSPS) is 25.4. The molecule has 1 fully saturated rings. The van der Waals surface area contributed by atoms with Crippen molar-refractivity contribution in [1.82, 2.24) is 0 Å². The first-order valence-electron chi connectivity index (χ1n) is 7.17. The number of carbonyl (C=O) groups excluding carboxylic acids is 2. The second-order valence-electron chi connectivity index (χ2n) is 5.47. The predicted octanol–water partition coefficient (Wildman–Crippen LogP) is 3.44. The van der Waals surface area contributed by atoms with Crippen molar-refractivity contribution in [2.24, 2.45) is 22.1 Å². The number of fused-ring (bicyclic) bond motifs is 1. The maximum Gasteiger partial charge on any atom is 0.295 e. The van der Waals surface area contributed by atoms with Gasteiger partial charge in [0.2, 0.25) is 0 Å². The van der Waals surface area contributed by atoms with Crippen molar-refractivity contribution >= 4 is 11.7 Å². The maximum atomic E-state index is 12.2. The minimum Gasteiger partial charge on any atom is -0.510 e. The van der Waals surface area contributed by atoms with Crippen molar-refractivity contribution in [3.05, 3.63) is 47.4 Å². The van der Waals surface area contributed by atoms with Gasteiger partial charge >= 0.3 is 0 Å². The second kappa shape index (κ2) is 5.60. The van der Waals surface area contributed by atoms with Gasteiger partial charge in [0.15, 0.2) is 11.5 Å². The summed E-state index contributed by atoms with van der Waals surface area (Å²) >= 11 is 0. The van der Waals surface area contributed by atoms with Crippen LogP contribution < -0.4 is 0 Å². The van der Waals surface area contributed by atoms with E-state index in [1.54, 1.807) is 30.3 Å². The molecule has 0 aliphatic heterocycles. The molecule has 2 aliphatic carbocycles. The summed E-state index contributed by atoms with van der Waals surface area (Å²) in [6, 6.07) is 8.52. The number of benzene rings is 1. The number of aliphatic hydroxyl groups excluding tert-OH is 1. The van der Waals surface area contributed by atoms with Crippen LogP contribution in [0.25, 0.3) is 0 Å². The Hall–Kier alpha value is -2.30. The molecule has 2 unspecified atom stereocenters. The Labute approximate surface area is 122 Å². The van der Waals surface area contributed by atoms with Crippen LogP contribution in [-0.2, 0) is 4.79 Å². The molecule has 2 atom stereocenters. The minimum absolute atomic E-state index is 0.00862. The third kappa shape index (κ3) is 2.51. The molecule has 0 radical (unpaired) electrons. The van der Waals surface area contributed by atoms with Crippen LogP contribution in [0.1, 0.15) is 36.0 Å². The maximum absolute atomic E-state index is 12.2. The molecule has 1 saturated carbocycles. The Bertz CT molecular complexity index is 634. The molecule has 3 rings (SSSR count). The van der Waals surface area contributed by atoms with Crippen LogP contribution in [0.5, 0.6) is 0 Å². The van der Waals surface area contributed by atoms with Crippen LogP contribution in [-0.4, -0.2) is 16.8 Å². The SMILES string of the molecule is O=C(N=NC1=C(O)C2CCCCC2C1=O)c1ccccc1. The monoisotopic (exact) mass is 284 g/mol. The number of nitrogens with zero attached hydrogens (tertiary/aromatic N) is 2. The van der Waals surface area contributed by atoms with E-state index in [9.17, 15) is 14.7 Å². The summed E-state index contributed by atoms with van der Waals surface area (Å²) in [6.45, 7) is 0. The van der Waals surface area contributed by atoms with Crippen molar-refractivity contribution in [2.45, 2.75) is 25.7 Å². The van der Waals surface area contributed by atoms with Gasteiger partial charge in [0.1, 0.15) is 5.76 Å². The molecule has 2 aliphatic rings. The van der Waals surface area contributed by atoms with Gasteiger partial charge in [0, 0.05) is 17.4 Å². The summed E-state index contributed by atoms with van der Waals surface area (Å²) in [6.07, 6.45) is 3.58. The van der Waals surface area contributed by atoms with Gasteiger partial charge in [0.25, 0.3) is 5.91 Å². The highest BCUT2D eigenvalue weighted by atomic mass is 16.3. The number of carbonyl (C=O) groups is 2. The second-order valence-corrected chi connectivity index (χ2v) is 5.47. The van der Waals surface area contributed by atoms with Gasteiger partial charge < -0.3 is 5.11 Å². The fraction of sp³-hybridized carbons (Fsp3) is 0.375. The summed E-state index contributed by atoms with van der Waals surface area (Å²) in [5.74, 6) is -0.999. The Morgan fingerprint density at radius 1 is 1.10 bits per heavy atom. The van der Waals surface area contributed by atoms with Crippen molar-refractivity contribution in [1.29, 1.82) is 0 Å². The molecule has 108 valence electrons. The number of rotatable bonds is 2. The van der Waals surface area contributed by atoms with Crippen LogP contribution in [0.3, 0.4) is 0 Å². The van der Waals surface area contributed by atoms with Crippen LogP contribution in [0.2, 0.25) is 0 Å². The predicted molar refractivity (Wildman–Crippen MR) is 75.7 cm³/mol. The summed E-state index contributed by atoms with van der Waals surface area (Å²) in [7, 11) is 0. The fourth-order valence-electron chi connectivity index (χ4n) is 3.08. The quantitative estimate of drug-likeness (QED) is 0.845. The highest BCUT2D eigenvalue weighted by molar-refractivity contribution is 6.01. The Balaban J connectivity index is 1.81. The van der Waals surface area contributed by atoms with Gasteiger partial charge in [-0.2, -0.15) is 0 Å². The van der Waals surface area contributed by atoms with Gasteiger partial charge in [-0.05, 0) is 25.0 Å². The molecule has 1 aromatic rings. The van der Waals surface area contributed by atoms with E-state index < -0.39 is 5.91 Å². The van der Waals surface area contributed by atoms with Crippen LogP contribution in [0.15, 0.2) is 52.0 Å². The lowest BCUT2D eigenvalue weighted by Gasteiger charge is -2.23. The van der Waals surface area contributed by atoms with Crippen LogP contribution in [0, 0.1) is 11.8 Å². The lowest BCUT2D eigenvalue weighted by Crippen LogP contribution is -2.21. The smallest absolute Gasteiger partial charge is 0.295 e. The molecule has 21 heavy (non-hydrogen) atoms. The zero-order valence-electron chi connectivity index (χ0n) is 11.5. The van der Waals surface area contributed by atoms with Crippen LogP contribution in [0.4, 0.5) is 0 Å². The van der Waals surface area contributed by atoms with E-state index in [-0.39, 0.29) is 29.1 Å². The number of Topliss-reactive ketones (excluding diaryl/α,β-unsaturated/α-hetero) is 1. The molecule has 5 heteroatoms. The molecule has 5 nitrogen and oxygen atoms in total. The van der Waals surface area contributed by atoms with Gasteiger partial charge in [0.05, 0.1) is 0 Å². The third-order valence-electron chi connectivity index (χ3n) is 4.19. The number of azo groups is 1. The topological polar surface area (TPSA) is 79.1 Å². The zero-order valence-corrected chi connectivity index (χ0v) is 11.5. The molecule has 0 saturated heterocycles. The molecule has 1 N–H and O–H groups in total. The van der Waals surface area contributed by atoms with Crippen molar-refractivity contribution < 1.29 is 14.7 Å². The molecule has 0 heterocycles. The van der Waals surface area contributed by atoms with E-state index in [0.717, 1.165) is 25.7 Å². The first-order valence-corrected chi connectivity index (χ1v) is 7.17. The number of aliphatic hydroxyl groups is 1. The number of hydrogen-bond acceptors (Lipinski definition) is 4. The number of hydrogen-bond donors (Lipinski definition) is 1. The molecule has 0 bridgehead atoms. The fourth-order valence-corrected chi connectivity index (χ4v) is 3.08. The Morgan fingerprint density at radius 3 is 2.43 bits per heavy atom. The van der Waals surface area contributed by atoms with E-state index in [1.807, 2.05) is 0 Å². The lowest BCUT2D eigenvalue weighted by atomic mass is 9.80. The molecular weight excluding hydrogens is 268 g/mol. The van der Waals surface area contributed by atoms with Crippen molar-refractivity contribution in [3.63, 3.8) is 0 Å². The Morgan fingerprint density at radius 2 is 1.76 bits per heavy atom.